The molecule has 96 valence electrons. The highest BCUT2D eigenvalue weighted by Gasteiger charge is 2.03. The van der Waals surface area contributed by atoms with Crippen molar-refractivity contribution < 1.29 is 9.15 Å². The highest BCUT2D eigenvalue weighted by molar-refractivity contribution is 5.36. The van der Waals surface area contributed by atoms with Crippen LogP contribution in [0, 0.1) is 6.92 Å². The minimum absolute atomic E-state index is 0.811. The van der Waals surface area contributed by atoms with Gasteiger partial charge in [0.2, 0.25) is 0 Å². The van der Waals surface area contributed by atoms with Gasteiger partial charge in [0, 0.05) is 25.1 Å². The van der Waals surface area contributed by atoms with Crippen LogP contribution in [-0.2, 0) is 13.0 Å². The predicted octanol–water partition coefficient (Wildman–Crippen LogP) is 2.93. The van der Waals surface area contributed by atoms with E-state index in [9.17, 15) is 0 Å². The van der Waals surface area contributed by atoms with E-state index in [0.717, 1.165) is 31.0 Å². The fourth-order valence-electron chi connectivity index (χ4n) is 1.93. The van der Waals surface area contributed by atoms with Crippen molar-refractivity contribution in [2.24, 2.45) is 0 Å². The Hall–Kier alpha value is -1.74. The van der Waals surface area contributed by atoms with E-state index in [-0.39, 0.29) is 0 Å². The first-order chi connectivity index (χ1) is 8.79. The van der Waals surface area contributed by atoms with Crippen LogP contribution in [-0.4, -0.2) is 13.7 Å². The summed E-state index contributed by atoms with van der Waals surface area (Å²) >= 11 is 0. The van der Waals surface area contributed by atoms with E-state index in [2.05, 4.69) is 24.4 Å². The molecule has 0 aliphatic heterocycles. The van der Waals surface area contributed by atoms with Gasteiger partial charge in [-0.1, -0.05) is 17.7 Å². The molecule has 0 saturated heterocycles. The molecular weight excluding hydrogens is 226 g/mol. The van der Waals surface area contributed by atoms with E-state index in [0.29, 0.717) is 0 Å². The Labute approximate surface area is 108 Å². The minimum Gasteiger partial charge on any atom is -0.496 e. The standard InChI is InChI=1S/C15H19NO2/c1-12-5-6-15(17-2)13(10-12)11-16-8-7-14-4-3-9-18-14/h3-6,9-10,16H,7-8,11H2,1-2H3. The molecule has 1 aromatic carbocycles. The normalized spacial score (nSPS) is 10.6. The lowest BCUT2D eigenvalue weighted by Crippen LogP contribution is -2.17. The molecule has 0 aliphatic carbocycles. The maximum Gasteiger partial charge on any atom is 0.123 e. The third-order valence-electron chi connectivity index (χ3n) is 2.88. The molecule has 3 heteroatoms. The fraction of sp³-hybridized carbons (Fsp3) is 0.333. The van der Waals surface area contributed by atoms with Crippen LogP contribution >= 0.6 is 0 Å². The van der Waals surface area contributed by atoms with Crippen LogP contribution in [0.15, 0.2) is 41.0 Å². The van der Waals surface area contributed by atoms with Crippen LogP contribution in [0.25, 0.3) is 0 Å². The van der Waals surface area contributed by atoms with Crippen LogP contribution in [0.1, 0.15) is 16.9 Å². The van der Waals surface area contributed by atoms with Crippen molar-refractivity contribution in [3.05, 3.63) is 53.5 Å². The van der Waals surface area contributed by atoms with E-state index in [1.807, 2.05) is 18.2 Å². The molecule has 0 fully saturated rings. The van der Waals surface area contributed by atoms with Crippen LogP contribution < -0.4 is 10.1 Å². The molecule has 2 aromatic rings. The van der Waals surface area contributed by atoms with Gasteiger partial charge in [-0.25, -0.2) is 0 Å². The van der Waals surface area contributed by atoms with Crippen molar-refractivity contribution >= 4 is 0 Å². The summed E-state index contributed by atoms with van der Waals surface area (Å²) < 4.78 is 10.6. The highest BCUT2D eigenvalue weighted by Crippen LogP contribution is 2.19. The van der Waals surface area contributed by atoms with Crippen LogP contribution in [0.5, 0.6) is 5.75 Å². The van der Waals surface area contributed by atoms with Crippen molar-refractivity contribution in [2.45, 2.75) is 19.9 Å². The van der Waals surface area contributed by atoms with Crippen LogP contribution in [0.4, 0.5) is 0 Å². The molecule has 0 spiro atoms. The zero-order chi connectivity index (χ0) is 12.8. The summed E-state index contributed by atoms with van der Waals surface area (Å²) in [7, 11) is 1.71. The van der Waals surface area contributed by atoms with Crippen molar-refractivity contribution in [1.29, 1.82) is 0 Å². The Morgan fingerprint density at radius 1 is 1.28 bits per heavy atom. The first kappa shape index (κ1) is 12.7. The number of rotatable bonds is 6. The van der Waals surface area contributed by atoms with E-state index in [1.165, 1.54) is 11.1 Å². The number of hydrogen-bond acceptors (Lipinski definition) is 3. The number of aryl methyl sites for hydroxylation is 1. The van der Waals surface area contributed by atoms with Crippen molar-refractivity contribution in [2.75, 3.05) is 13.7 Å². The number of ether oxygens (including phenoxy) is 1. The van der Waals surface area contributed by atoms with E-state index in [1.54, 1.807) is 13.4 Å². The van der Waals surface area contributed by atoms with Crippen molar-refractivity contribution in [3.63, 3.8) is 0 Å². The molecule has 0 unspecified atom stereocenters. The lowest BCUT2D eigenvalue weighted by molar-refractivity contribution is 0.407. The van der Waals surface area contributed by atoms with Gasteiger partial charge < -0.3 is 14.5 Å². The molecular formula is C15H19NO2. The molecule has 0 bridgehead atoms. The zero-order valence-corrected chi connectivity index (χ0v) is 10.9. The summed E-state index contributed by atoms with van der Waals surface area (Å²) in [4.78, 5) is 0. The molecule has 1 heterocycles. The summed E-state index contributed by atoms with van der Waals surface area (Å²) in [5, 5.41) is 3.40. The molecule has 2 rings (SSSR count). The largest absolute Gasteiger partial charge is 0.496 e. The first-order valence-corrected chi connectivity index (χ1v) is 6.16. The number of hydrogen-bond donors (Lipinski definition) is 1. The minimum atomic E-state index is 0.811. The summed E-state index contributed by atoms with van der Waals surface area (Å²) in [6, 6.07) is 10.1. The molecule has 0 saturated carbocycles. The van der Waals surface area contributed by atoms with Crippen molar-refractivity contribution in [1.82, 2.24) is 5.32 Å². The second-order valence-electron chi connectivity index (χ2n) is 4.32. The molecule has 1 aromatic heterocycles. The summed E-state index contributed by atoms with van der Waals surface area (Å²) in [5.74, 6) is 1.95. The number of benzene rings is 1. The second kappa shape index (κ2) is 6.26. The SMILES string of the molecule is COc1ccc(C)cc1CNCCc1ccco1. The Morgan fingerprint density at radius 2 is 2.17 bits per heavy atom. The molecule has 0 aliphatic rings. The molecule has 3 nitrogen and oxygen atoms in total. The fourth-order valence-corrected chi connectivity index (χ4v) is 1.93. The zero-order valence-electron chi connectivity index (χ0n) is 10.9. The quantitative estimate of drug-likeness (QED) is 0.795. The second-order valence-corrected chi connectivity index (χ2v) is 4.32. The maximum atomic E-state index is 5.34. The van der Waals surface area contributed by atoms with E-state index < -0.39 is 0 Å². The first-order valence-electron chi connectivity index (χ1n) is 6.16. The maximum absolute atomic E-state index is 5.34. The smallest absolute Gasteiger partial charge is 0.123 e. The van der Waals surface area contributed by atoms with Crippen LogP contribution in [0.2, 0.25) is 0 Å². The molecule has 0 amide bonds. The molecule has 1 N–H and O–H groups in total. The third-order valence-corrected chi connectivity index (χ3v) is 2.88. The Kier molecular flexibility index (Phi) is 4.42. The number of methoxy groups -OCH3 is 1. The van der Waals surface area contributed by atoms with Gasteiger partial charge in [0.05, 0.1) is 13.4 Å². The van der Waals surface area contributed by atoms with Gasteiger partial charge in [-0.05, 0) is 25.1 Å². The topological polar surface area (TPSA) is 34.4 Å². The Bertz CT molecular complexity index is 477. The third kappa shape index (κ3) is 3.37. The van der Waals surface area contributed by atoms with E-state index in [4.69, 9.17) is 9.15 Å². The molecule has 18 heavy (non-hydrogen) atoms. The Morgan fingerprint density at radius 3 is 2.89 bits per heavy atom. The van der Waals surface area contributed by atoms with Gasteiger partial charge in [-0.2, -0.15) is 0 Å². The summed E-state index contributed by atoms with van der Waals surface area (Å²) in [6.45, 7) is 3.79. The number of nitrogens with one attached hydrogen (secondary N) is 1. The van der Waals surface area contributed by atoms with E-state index >= 15 is 0 Å². The lowest BCUT2D eigenvalue weighted by Gasteiger charge is -2.10. The Balaban J connectivity index is 1.84. The predicted molar refractivity (Wildman–Crippen MR) is 71.8 cm³/mol. The van der Waals surface area contributed by atoms with Gasteiger partial charge in [0.25, 0.3) is 0 Å². The monoisotopic (exact) mass is 245 g/mol. The van der Waals surface area contributed by atoms with Gasteiger partial charge >= 0.3 is 0 Å². The van der Waals surface area contributed by atoms with Gasteiger partial charge in [0.15, 0.2) is 0 Å². The van der Waals surface area contributed by atoms with Crippen LogP contribution in [0.3, 0.4) is 0 Å². The molecule has 0 radical (unpaired) electrons. The highest BCUT2D eigenvalue weighted by atomic mass is 16.5. The summed E-state index contributed by atoms with van der Waals surface area (Å²) in [5.41, 5.74) is 2.44. The average Bonchev–Trinajstić information content (AvgIpc) is 2.88. The van der Waals surface area contributed by atoms with Gasteiger partial charge in [-0.3, -0.25) is 0 Å². The van der Waals surface area contributed by atoms with Gasteiger partial charge in [-0.15, -0.1) is 0 Å². The molecule has 0 atom stereocenters. The van der Waals surface area contributed by atoms with Gasteiger partial charge in [0.1, 0.15) is 11.5 Å². The number of furan rings is 1. The lowest BCUT2D eigenvalue weighted by atomic mass is 10.1. The van der Waals surface area contributed by atoms with Crippen molar-refractivity contribution in [3.8, 4) is 5.75 Å². The summed E-state index contributed by atoms with van der Waals surface area (Å²) in [6.07, 6.45) is 2.61. The average molecular weight is 245 g/mol.